The van der Waals surface area contributed by atoms with Crippen LogP contribution < -0.4 is 0 Å². The van der Waals surface area contributed by atoms with Crippen LogP contribution in [0, 0.1) is 34.0 Å². The summed E-state index contributed by atoms with van der Waals surface area (Å²) in [5, 5.41) is 47.7. The molecule has 11 heterocycles. The van der Waals surface area contributed by atoms with Crippen molar-refractivity contribution in [2.75, 3.05) is 13.1 Å². The fourth-order valence-electron chi connectivity index (χ4n) is 28.1. The third-order valence-corrected chi connectivity index (χ3v) is 33.2. The van der Waals surface area contributed by atoms with Crippen LogP contribution in [0.2, 0.25) is 0 Å². The molecule has 6 spiro atoms. The molecular weight excluding hydrogens is 1360 g/mol. The normalized spacial score (nSPS) is 42.3. The maximum atomic E-state index is 12.4. The molecular formula is C94H105N5O10. The van der Waals surface area contributed by atoms with Gasteiger partial charge in [0.15, 0.2) is 0 Å². The summed E-state index contributed by atoms with van der Waals surface area (Å²) in [4.78, 5) is 53.6. The number of allylic oxidation sites excluding steroid dienone is 3. The second-order valence-corrected chi connectivity index (χ2v) is 38.0. The van der Waals surface area contributed by atoms with Gasteiger partial charge in [0.2, 0.25) is 0 Å². The van der Waals surface area contributed by atoms with E-state index in [4.69, 9.17) is 14.2 Å². The van der Waals surface area contributed by atoms with Gasteiger partial charge in [0.1, 0.15) is 17.9 Å². The van der Waals surface area contributed by atoms with E-state index in [2.05, 4.69) is 155 Å². The van der Waals surface area contributed by atoms with Gasteiger partial charge in [0.05, 0.1) is 45.8 Å². The number of aliphatic carboxylic acids is 2. The Morgan fingerprint density at radius 3 is 1.19 bits per heavy atom. The van der Waals surface area contributed by atoms with Crippen molar-refractivity contribution in [3.8, 4) is 0 Å². The molecule has 3 aromatic carbocycles. The average Bonchev–Trinajstić information content (AvgIpc) is 1.54. The maximum absolute atomic E-state index is 12.4. The predicted octanol–water partition coefficient (Wildman–Crippen LogP) is 16.8. The lowest BCUT2D eigenvalue weighted by Crippen LogP contribution is -2.56. The first-order chi connectivity index (χ1) is 52.6. The van der Waals surface area contributed by atoms with Crippen molar-refractivity contribution < 1.29 is 49.0 Å². The van der Waals surface area contributed by atoms with Crippen LogP contribution in [0.3, 0.4) is 0 Å². The van der Waals surface area contributed by atoms with Crippen molar-refractivity contribution in [1.82, 2.24) is 24.8 Å². The van der Waals surface area contributed by atoms with Crippen molar-refractivity contribution in [3.63, 3.8) is 0 Å². The lowest BCUT2D eigenvalue weighted by Gasteiger charge is -2.55. The Morgan fingerprint density at radius 1 is 0.440 bits per heavy atom. The van der Waals surface area contributed by atoms with E-state index in [1.807, 2.05) is 37.2 Å². The number of β-amino-alcohol motifs (C(OH)–C–C–N with tert-alkyl or cyclic N) is 2. The highest BCUT2D eigenvalue weighted by Gasteiger charge is 2.71. The minimum Gasteiger partial charge on any atom is -0.480 e. The minimum absolute atomic E-state index is 0.137. The molecule has 6 unspecified atom stereocenters. The molecule has 566 valence electrons. The Kier molecular flexibility index (Phi) is 15.9. The van der Waals surface area contributed by atoms with E-state index in [0.717, 1.165) is 103 Å². The fourth-order valence-corrected chi connectivity index (χ4v) is 28.1. The summed E-state index contributed by atoms with van der Waals surface area (Å²) < 4.78 is 22.0. The Morgan fingerprint density at radius 2 is 0.807 bits per heavy atom. The Bertz CT molecular complexity index is 4820. The van der Waals surface area contributed by atoms with Gasteiger partial charge in [0.25, 0.3) is 0 Å². The number of carbonyl (C=O) groups excluding carboxylic acids is 1. The van der Waals surface area contributed by atoms with Gasteiger partial charge >= 0.3 is 11.9 Å². The minimum atomic E-state index is -0.812. The zero-order valence-electron chi connectivity index (χ0n) is 63.6. The number of carboxylic acid groups (broad SMARTS) is 2. The molecule has 109 heavy (non-hydrogen) atoms. The molecule has 0 radical (unpaired) electrons. The number of carboxylic acids is 2. The SMILES string of the molecule is C[C@]12CC=C3C=C4CCC(=O)C[C@]45CCC3(O5)[C@@H]1CCC2c1ccc2ccncc2c1.C[C@]12CC=C3C=C4CC[C@H](N5C[C@H](O)C[C@H]5C(=O)O)C[C@]45CCC3(O5)[C@@H]1CCC2c1ccc2ccncc2c1.C[C@]12CC=C3C=C4CC[C@H](N5C[C@H](O)C[C@H]5C(=O)O)C[C@]45CCC3(O5)[C@@H]1CCC2c1ccc2ccncc2c1. The van der Waals surface area contributed by atoms with Gasteiger partial charge in [-0.1, -0.05) is 93.6 Å². The number of likely N-dealkylation sites (tertiary alicyclic amines) is 2. The number of pyridine rings is 3. The molecule has 3 aromatic heterocycles. The first-order valence-electron chi connectivity index (χ1n) is 41.9. The van der Waals surface area contributed by atoms with Crippen molar-refractivity contribution in [2.24, 2.45) is 34.0 Å². The van der Waals surface area contributed by atoms with Gasteiger partial charge in [-0.3, -0.25) is 39.1 Å². The topological polar surface area (TPSA) is 205 Å². The quantitative estimate of drug-likeness (QED) is 0.117. The lowest BCUT2D eigenvalue weighted by molar-refractivity contribution is -0.150. The first kappa shape index (κ1) is 69.6. The molecule has 4 N–H and O–H groups in total. The Labute approximate surface area is 639 Å². The molecule has 8 aliphatic heterocycles. The molecule has 6 aromatic rings. The van der Waals surface area contributed by atoms with Crippen LogP contribution in [0.1, 0.15) is 222 Å². The number of hydrogen-bond acceptors (Lipinski definition) is 13. The van der Waals surface area contributed by atoms with E-state index in [0.29, 0.717) is 80.1 Å². The zero-order valence-corrected chi connectivity index (χ0v) is 63.6. The summed E-state index contributed by atoms with van der Waals surface area (Å²) in [5.41, 5.74) is 11.7. The van der Waals surface area contributed by atoms with Gasteiger partial charge in [-0.2, -0.15) is 0 Å². The molecule has 15 nitrogen and oxygen atoms in total. The average molecular weight is 1460 g/mol. The number of ether oxygens (including phenoxy) is 3. The highest BCUT2D eigenvalue weighted by Crippen LogP contribution is 2.73. The number of hydrogen-bond donors (Lipinski definition) is 4. The second-order valence-electron chi connectivity index (χ2n) is 38.0. The highest BCUT2D eigenvalue weighted by atomic mass is 16.5. The van der Waals surface area contributed by atoms with Crippen LogP contribution in [0.4, 0.5) is 0 Å². The van der Waals surface area contributed by atoms with Crippen LogP contribution in [0.5, 0.6) is 0 Å². The maximum Gasteiger partial charge on any atom is 0.321 e. The molecule has 11 fully saturated rings. The van der Waals surface area contributed by atoms with E-state index >= 15 is 0 Å². The number of fused-ring (bicyclic) bond motifs is 6. The van der Waals surface area contributed by atoms with E-state index in [9.17, 15) is 34.8 Å². The molecule has 9 aliphatic carbocycles. The van der Waals surface area contributed by atoms with Gasteiger partial charge < -0.3 is 34.6 Å². The highest BCUT2D eigenvalue weighted by molar-refractivity contribution is 5.85. The number of benzene rings is 3. The van der Waals surface area contributed by atoms with Crippen molar-refractivity contribution in [3.05, 3.63) is 197 Å². The number of aromatic nitrogens is 3. The van der Waals surface area contributed by atoms with Gasteiger partial charge in [-0.15, -0.1) is 0 Å². The number of carbonyl (C=O) groups is 3. The number of ketones is 1. The smallest absolute Gasteiger partial charge is 0.321 e. The monoisotopic (exact) mass is 1460 g/mol. The van der Waals surface area contributed by atoms with E-state index in [-0.39, 0.29) is 61.9 Å². The molecule has 21 atom stereocenters. The lowest BCUT2D eigenvalue weighted by atomic mass is 9.58. The van der Waals surface area contributed by atoms with Gasteiger partial charge in [-0.25, -0.2) is 0 Å². The fraction of sp³-hybridized carbons (Fsp3) is 0.553. The van der Waals surface area contributed by atoms with Crippen molar-refractivity contribution >= 4 is 50.0 Å². The largest absolute Gasteiger partial charge is 0.480 e. The van der Waals surface area contributed by atoms with Crippen LogP contribution in [-0.2, 0) is 28.6 Å². The van der Waals surface area contributed by atoms with E-state index in [1.165, 1.54) is 121 Å². The molecule has 5 saturated heterocycles. The van der Waals surface area contributed by atoms with Crippen LogP contribution in [0.15, 0.2) is 180 Å². The van der Waals surface area contributed by atoms with Crippen molar-refractivity contribution in [1.29, 1.82) is 0 Å². The van der Waals surface area contributed by atoms with Gasteiger partial charge in [-0.05, 0) is 296 Å². The van der Waals surface area contributed by atoms with Gasteiger partial charge in [0, 0.05) is 104 Å². The molecule has 0 amide bonds. The standard InChI is InChI=1S/2C33H38N2O4.C28H29NO2/c2*1-31-10-8-24-15-23-4-5-25(35-19-26(36)16-28(35)30(37)38)17-32(23)11-12-33(24,39-32)29(31)7-6-27(31)21-3-2-20-9-13-34-18-22(20)14-21;1-26-10-8-22-15-21-4-5-23(30)16-27(21)11-12-28(22,31-27)25(26)7-6-24(26)19-3-2-18-9-13-29-17-20(18)14-19/h2*2-3,8-9,13-15,18,25-29,36H,4-7,10-12,16-17,19H2,1H3,(H,37,38);2-3,8-9,13-15,17,24-25H,4-7,10-12,16H2,1H3/t2*25-,26+,27?,28-,29+,31+,32+,33?;24?,25-,26-,27-,28?/m001/s1. The van der Waals surface area contributed by atoms with E-state index < -0.39 is 36.2 Å². The van der Waals surface area contributed by atoms with Crippen molar-refractivity contribution in [2.45, 2.75) is 275 Å². The predicted molar refractivity (Wildman–Crippen MR) is 417 cm³/mol. The van der Waals surface area contributed by atoms with Crippen LogP contribution in [-0.4, -0.2) is 146 Å². The zero-order chi connectivity index (χ0) is 74.0. The Hall–Kier alpha value is -7.34. The first-order valence-corrected chi connectivity index (χ1v) is 41.9. The van der Waals surface area contributed by atoms with Crippen LogP contribution >= 0.6 is 0 Å². The summed E-state index contributed by atoms with van der Waals surface area (Å²) in [7, 11) is 0. The summed E-state index contributed by atoms with van der Waals surface area (Å²) in [6.07, 6.45) is 50.3. The van der Waals surface area contributed by atoms with E-state index in [1.54, 1.807) is 0 Å². The number of aliphatic hydroxyl groups is 2. The summed E-state index contributed by atoms with van der Waals surface area (Å²) in [6.45, 7) is 8.42. The molecule has 17 aliphatic rings. The molecule has 23 rings (SSSR count). The molecule has 6 bridgehead atoms. The Balaban J connectivity index is 0.000000105. The third kappa shape index (κ3) is 10.3. The number of Topliss-reactive ketones (excluding diaryl/α,β-unsaturated/α-hetero) is 1. The summed E-state index contributed by atoms with van der Waals surface area (Å²) in [5.74, 6) is 1.73. The second kappa shape index (κ2) is 24.8. The molecule has 15 heteroatoms. The number of aliphatic hydroxyl groups excluding tert-OH is 2. The number of rotatable bonds is 7. The van der Waals surface area contributed by atoms with Crippen LogP contribution in [0.25, 0.3) is 32.3 Å². The number of nitrogens with zero attached hydrogens (tertiary/aromatic N) is 5. The molecule has 6 saturated carbocycles. The summed E-state index contributed by atoms with van der Waals surface area (Å²) in [6, 6.07) is 26.2. The third-order valence-electron chi connectivity index (χ3n) is 33.2. The summed E-state index contributed by atoms with van der Waals surface area (Å²) >= 11 is 0.